The number of ether oxygens (including phenoxy) is 2. The fraction of sp³-hybridized carbons (Fsp3) is 0.455. The van der Waals surface area contributed by atoms with Crippen LogP contribution in [0.25, 0.3) is 0 Å². The smallest absolute Gasteiger partial charge is 0.123 e. The number of benzene rings is 1. The first-order chi connectivity index (χ1) is 7.22. The van der Waals surface area contributed by atoms with Crippen molar-refractivity contribution < 1.29 is 13.9 Å². The third-order valence-electron chi connectivity index (χ3n) is 2.26. The zero-order chi connectivity index (χ0) is 11.3. The normalized spacial score (nSPS) is 11.5. The van der Waals surface area contributed by atoms with E-state index in [0.29, 0.717) is 11.5 Å². The van der Waals surface area contributed by atoms with Gasteiger partial charge in [0.25, 0.3) is 0 Å². The van der Waals surface area contributed by atoms with Crippen LogP contribution in [0.2, 0.25) is 0 Å². The number of rotatable bonds is 5. The van der Waals surface area contributed by atoms with Crippen LogP contribution in [-0.2, 0) is 0 Å². The lowest BCUT2D eigenvalue weighted by atomic mass is 10.0. The highest BCUT2D eigenvalue weighted by atomic mass is 35.5. The molecule has 1 rings (SSSR count). The van der Waals surface area contributed by atoms with Crippen molar-refractivity contribution in [3.8, 4) is 11.5 Å². The van der Waals surface area contributed by atoms with E-state index in [1.54, 1.807) is 32.4 Å². The molecule has 1 aromatic rings. The zero-order valence-corrected chi connectivity index (χ0v) is 10.2. The van der Waals surface area contributed by atoms with Crippen LogP contribution in [0.5, 0.6) is 11.5 Å². The lowest BCUT2D eigenvalue weighted by molar-refractivity contribution is 0.387. The fourth-order valence-electron chi connectivity index (χ4n) is 1.40. The fourth-order valence-corrected chi connectivity index (χ4v) is 1.40. The quantitative estimate of drug-likeness (QED) is 0.872. The molecule has 0 aliphatic rings. The molecule has 0 aromatic heterocycles. The van der Waals surface area contributed by atoms with Gasteiger partial charge in [-0.2, -0.15) is 0 Å². The lowest BCUT2D eigenvalue weighted by Gasteiger charge is -2.15. The van der Waals surface area contributed by atoms with Crippen LogP contribution in [0.3, 0.4) is 0 Å². The topological polar surface area (TPSA) is 44.5 Å². The lowest BCUT2D eigenvalue weighted by Crippen LogP contribution is -2.12. The minimum atomic E-state index is -0.443. The molecule has 0 unspecified atom stereocenters. The summed E-state index contributed by atoms with van der Waals surface area (Å²) in [7, 11) is 3.14. The molecule has 2 N–H and O–H groups in total. The third-order valence-corrected chi connectivity index (χ3v) is 2.26. The Balaban J connectivity index is 0.00000225. The van der Waals surface area contributed by atoms with Crippen LogP contribution >= 0.6 is 12.4 Å². The van der Waals surface area contributed by atoms with Crippen LogP contribution in [-0.4, -0.2) is 20.9 Å². The largest absolute Gasteiger partial charge is 0.497 e. The summed E-state index contributed by atoms with van der Waals surface area (Å²) in [6, 6.07) is 4.97. The molecular formula is C11H17ClFNO2. The molecule has 0 aliphatic heterocycles. The number of nitrogens with two attached hydrogens (primary N) is 1. The molecule has 0 aliphatic carbocycles. The zero-order valence-electron chi connectivity index (χ0n) is 9.40. The van der Waals surface area contributed by atoms with Gasteiger partial charge in [0, 0.05) is 11.6 Å². The van der Waals surface area contributed by atoms with Gasteiger partial charge in [-0.1, -0.05) is 0 Å². The second-order valence-corrected chi connectivity index (χ2v) is 3.19. The Morgan fingerprint density at radius 3 is 2.50 bits per heavy atom. The maximum atomic E-state index is 12.2. The maximum Gasteiger partial charge on any atom is 0.123 e. The summed E-state index contributed by atoms with van der Waals surface area (Å²) in [4.78, 5) is 0. The van der Waals surface area contributed by atoms with E-state index in [-0.39, 0.29) is 24.9 Å². The van der Waals surface area contributed by atoms with E-state index < -0.39 is 6.67 Å². The van der Waals surface area contributed by atoms with Crippen LogP contribution in [0.1, 0.15) is 18.0 Å². The molecule has 0 amide bonds. The van der Waals surface area contributed by atoms with Crippen molar-refractivity contribution in [2.45, 2.75) is 12.5 Å². The van der Waals surface area contributed by atoms with E-state index in [1.165, 1.54) is 0 Å². The molecule has 92 valence electrons. The van der Waals surface area contributed by atoms with Crippen molar-refractivity contribution in [1.82, 2.24) is 0 Å². The predicted octanol–water partition coefficient (Wildman–Crippen LogP) is 2.49. The summed E-state index contributed by atoms with van der Waals surface area (Å²) in [5, 5.41) is 0. The maximum absolute atomic E-state index is 12.2. The summed E-state index contributed by atoms with van der Waals surface area (Å²) in [6.07, 6.45) is 0.281. The van der Waals surface area contributed by atoms with Gasteiger partial charge in [-0.3, -0.25) is 4.39 Å². The van der Waals surface area contributed by atoms with Gasteiger partial charge in [-0.15, -0.1) is 12.4 Å². The molecule has 5 heteroatoms. The highest BCUT2D eigenvalue weighted by Gasteiger charge is 2.12. The van der Waals surface area contributed by atoms with E-state index in [2.05, 4.69) is 0 Å². The van der Waals surface area contributed by atoms with Gasteiger partial charge in [-0.05, 0) is 24.6 Å². The average molecular weight is 250 g/mol. The van der Waals surface area contributed by atoms with Crippen molar-refractivity contribution in [2.75, 3.05) is 20.9 Å². The predicted molar refractivity (Wildman–Crippen MR) is 64.3 cm³/mol. The van der Waals surface area contributed by atoms with Crippen molar-refractivity contribution in [2.24, 2.45) is 5.73 Å². The van der Waals surface area contributed by atoms with Gasteiger partial charge < -0.3 is 15.2 Å². The van der Waals surface area contributed by atoms with Gasteiger partial charge >= 0.3 is 0 Å². The number of methoxy groups -OCH3 is 2. The minimum absolute atomic E-state index is 0. The first kappa shape index (κ1) is 15.0. The summed E-state index contributed by atoms with van der Waals surface area (Å²) in [5.41, 5.74) is 6.60. The molecular weight excluding hydrogens is 233 g/mol. The number of hydrogen-bond donors (Lipinski definition) is 1. The average Bonchev–Trinajstić information content (AvgIpc) is 2.28. The molecule has 0 radical (unpaired) electrons. The van der Waals surface area contributed by atoms with Crippen molar-refractivity contribution in [3.05, 3.63) is 23.8 Å². The van der Waals surface area contributed by atoms with E-state index in [1.807, 2.05) is 0 Å². The van der Waals surface area contributed by atoms with Crippen molar-refractivity contribution in [1.29, 1.82) is 0 Å². The number of hydrogen-bond acceptors (Lipinski definition) is 3. The Morgan fingerprint density at radius 1 is 1.31 bits per heavy atom. The summed E-state index contributed by atoms with van der Waals surface area (Å²) < 4.78 is 22.4. The highest BCUT2D eigenvalue weighted by molar-refractivity contribution is 5.85. The second-order valence-electron chi connectivity index (χ2n) is 3.19. The Bertz CT molecular complexity index is 323. The standard InChI is InChI=1S/C11H16FNO2.ClH/c1-14-8-3-4-11(15-2)9(7-8)10(13)5-6-12;/h3-4,7,10H,5-6,13H2,1-2H3;1H/t10-;/m0./s1. The minimum Gasteiger partial charge on any atom is -0.497 e. The summed E-state index contributed by atoms with van der Waals surface area (Å²) in [5.74, 6) is 1.36. The molecule has 0 saturated carbocycles. The van der Waals surface area contributed by atoms with Crippen LogP contribution in [0, 0.1) is 0 Å². The van der Waals surface area contributed by atoms with Gasteiger partial charge in [0.1, 0.15) is 11.5 Å². The van der Waals surface area contributed by atoms with Crippen LogP contribution < -0.4 is 15.2 Å². The number of halogens is 2. The van der Waals surface area contributed by atoms with E-state index in [4.69, 9.17) is 15.2 Å². The van der Waals surface area contributed by atoms with E-state index >= 15 is 0 Å². The first-order valence-corrected chi connectivity index (χ1v) is 4.76. The molecule has 0 heterocycles. The van der Waals surface area contributed by atoms with Gasteiger partial charge in [0.05, 0.1) is 20.9 Å². The Hall–Kier alpha value is -1.00. The van der Waals surface area contributed by atoms with E-state index in [0.717, 1.165) is 5.56 Å². The summed E-state index contributed by atoms with van der Waals surface area (Å²) >= 11 is 0. The summed E-state index contributed by atoms with van der Waals surface area (Å²) in [6.45, 7) is -0.443. The second kappa shape index (κ2) is 7.30. The third kappa shape index (κ3) is 3.54. The molecule has 0 bridgehead atoms. The first-order valence-electron chi connectivity index (χ1n) is 4.76. The SMILES string of the molecule is COc1ccc(OC)c([C@@H](N)CCF)c1.Cl. The molecule has 1 aromatic carbocycles. The van der Waals surface area contributed by atoms with E-state index in [9.17, 15) is 4.39 Å². The highest BCUT2D eigenvalue weighted by Crippen LogP contribution is 2.29. The van der Waals surface area contributed by atoms with Crippen LogP contribution in [0.15, 0.2) is 18.2 Å². The van der Waals surface area contributed by atoms with Crippen LogP contribution in [0.4, 0.5) is 4.39 Å². The number of alkyl halides is 1. The molecule has 16 heavy (non-hydrogen) atoms. The van der Waals surface area contributed by atoms with Gasteiger partial charge in [-0.25, -0.2) is 0 Å². The molecule has 0 fully saturated rings. The molecule has 1 atom stereocenters. The molecule has 3 nitrogen and oxygen atoms in total. The van der Waals surface area contributed by atoms with Crippen molar-refractivity contribution >= 4 is 12.4 Å². The van der Waals surface area contributed by atoms with Gasteiger partial charge in [0.15, 0.2) is 0 Å². The molecule has 0 saturated heterocycles. The Kier molecular flexibility index (Phi) is 6.85. The molecule has 0 spiro atoms. The Labute approximate surface area is 101 Å². The monoisotopic (exact) mass is 249 g/mol. The Morgan fingerprint density at radius 2 is 2.00 bits per heavy atom. The van der Waals surface area contributed by atoms with Gasteiger partial charge in [0.2, 0.25) is 0 Å². The van der Waals surface area contributed by atoms with Crippen molar-refractivity contribution in [3.63, 3.8) is 0 Å².